The minimum Gasteiger partial charge on any atom is -0.508 e. The molecule has 1 aromatic rings. The number of primary amides is 2. The van der Waals surface area contributed by atoms with Crippen LogP contribution in [0.2, 0.25) is 0 Å². The zero-order valence-corrected chi connectivity index (χ0v) is 10.2. The van der Waals surface area contributed by atoms with Crippen LogP contribution in [0.25, 0.3) is 0 Å². The number of nitrogens with two attached hydrogens (primary N) is 2. The van der Waals surface area contributed by atoms with Crippen LogP contribution in [0.15, 0.2) is 24.3 Å². The molecular weight excluding hydrogens is 250 g/mol. The Hall–Kier alpha value is -2.57. The lowest BCUT2D eigenvalue weighted by molar-refractivity contribution is -0.137. The molecule has 5 N–H and O–H groups in total. The quantitative estimate of drug-likeness (QED) is 0.592. The van der Waals surface area contributed by atoms with Crippen LogP contribution in [0.3, 0.4) is 0 Å². The van der Waals surface area contributed by atoms with Gasteiger partial charge in [0.25, 0.3) is 0 Å². The van der Waals surface area contributed by atoms with Crippen molar-refractivity contribution in [3.63, 3.8) is 0 Å². The first-order valence-corrected chi connectivity index (χ1v) is 5.51. The fraction of sp³-hybridized carbons (Fsp3) is 0.250. The van der Waals surface area contributed by atoms with E-state index >= 15 is 0 Å². The first-order valence-electron chi connectivity index (χ1n) is 5.51. The second-order valence-corrected chi connectivity index (χ2v) is 3.99. The summed E-state index contributed by atoms with van der Waals surface area (Å²) in [7, 11) is 0. The Morgan fingerprint density at radius 1 is 1.05 bits per heavy atom. The second kappa shape index (κ2) is 6.39. The van der Waals surface area contributed by atoms with Crippen LogP contribution in [0.1, 0.15) is 5.56 Å². The van der Waals surface area contributed by atoms with Gasteiger partial charge in [0.05, 0.1) is 19.5 Å². The summed E-state index contributed by atoms with van der Waals surface area (Å²) in [5.74, 6) is -2.04. The van der Waals surface area contributed by atoms with Gasteiger partial charge >= 0.3 is 0 Å². The maximum atomic E-state index is 11.9. The number of carbonyl (C=O) groups is 3. The molecule has 0 aromatic heterocycles. The van der Waals surface area contributed by atoms with Crippen molar-refractivity contribution in [2.24, 2.45) is 11.5 Å². The molecule has 0 saturated carbocycles. The molecule has 3 amide bonds. The number of aromatic hydroxyl groups is 1. The molecule has 0 unspecified atom stereocenters. The lowest BCUT2D eigenvalue weighted by Crippen LogP contribution is -2.43. The molecule has 0 bridgehead atoms. The standard InChI is InChI=1S/C12H15N3O4/c13-10(17)6-15(7-11(14)18)12(19)5-8-3-1-2-4-9(8)16/h1-4,16H,5-7H2,(H2,13,17)(H2,14,18). The molecule has 0 saturated heterocycles. The third-order valence-electron chi connectivity index (χ3n) is 2.38. The van der Waals surface area contributed by atoms with E-state index in [0.29, 0.717) is 5.56 Å². The monoisotopic (exact) mass is 265 g/mol. The SMILES string of the molecule is NC(=O)CN(CC(N)=O)C(=O)Cc1ccccc1O. The Bertz CT molecular complexity index is 486. The Labute approximate surface area is 109 Å². The van der Waals surface area contributed by atoms with Crippen molar-refractivity contribution in [1.82, 2.24) is 4.90 Å². The predicted molar refractivity (Wildman–Crippen MR) is 66.8 cm³/mol. The lowest BCUT2D eigenvalue weighted by atomic mass is 10.1. The van der Waals surface area contributed by atoms with Crippen molar-refractivity contribution in [3.8, 4) is 5.75 Å². The van der Waals surface area contributed by atoms with Gasteiger partial charge in [0.1, 0.15) is 5.75 Å². The largest absolute Gasteiger partial charge is 0.508 e. The smallest absolute Gasteiger partial charge is 0.237 e. The van der Waals surface area contributed by atoms with Gasteiger partial charge in [-0.25, -0.2) is 0 Å². The third-order valence-corrected chi connectivity index (χ3v) is 2.38. The van der Waals surface area contributed by atoms with E-state index in [2.05, 4.69) is 0 Å². The Morgan fingerprint density at radius 2 is 1.58 bits per heavy atom. The molecule has 0 spiro atoms. The van der Waals surface area contributed by atoms with Crippen molar-refractivity contribution < 1.29 is 19.5 Å². The molecule has 0 aliphatic heterocycles. The van der Waals surface area contributed by atoms with Crippen molar-refractivity contribution in [1.29, 1.82) is 0 Å². The molecule has 1 rings (SSSR count). The number of amides is 3. The molecule has 0 radical (unpaired) electrons. The van der Waals surface area contributed by atoms with Gasteiger partial charge in [-0.1, -0.05) is 18.2 Å². The minimum absolute atomic E-state index is 0.0334. The van der Waals surface area contributed by atoms with E-state index < -0.39 is 30.8 Å². The van der Waals surface area contributed by atoms with Gasteiger partial charge in [-0.3, -0.25) is 14.4 Å². The van der Waals surface area contributed by atoms with Crippen molar-refractivity contribution >= 4 is 17.7 Å². The zero-order valence-electron chi connectivity index (χ0n) is 10.2. The molecule has 0 atom stereocenters. The molecule has 0 aliphatic carbocycles. The number of hydrogen-bond acceptors (Lipinski definition) is 4. The zero-order chi connectivity index (χ0) is 14.4. The van der Waals surface area contributed by atoms with Crippen molar-refractivity contribution in [2.45, 2.75) is 6.42 Å². The predicted octanol–water partition coefficient (Wildman–Crippen LogP) is -1.27. The van der Waals surface area contributed by atoms with Gasteiger partial charge in [-0.05, 0) is 6.07 Å². The number of benzene rings is 1. The summed E-state index contributed by atoms with van der Waals surface area (Å²) in [5, 5.41) is 9.55. The van der Waals surface area contributed by atoms with Crippen LogP contribution in [0.4, 0.5) is 0 Å². The molecule has 0 fully saturated rings. The van der Waals surface area contributed by atoms with Crippen LogP contribution in [-0.2, 0) is 20.8 Å². The Kier molecular flexibility index (Phi) is 4.87. The summed E-state index contributed by atoms with van der Waals surface area (Å²) in [5.41, 5.74) is 10.4. The molecule has 1 aromatic carbocycles. The summed E-state index contributed by atoms with van der Waals surface area (Å²) in [6.07, 6.45) is -0.146. The second-order valence-electron chi connectivity index (χ2n) is 3.99. The highest BCUT2D eigenvalue weighted by Gasteiger charge is 2.19. The van der Waals surface area contributed by atoms with Gasteiger partial charge in [0, 0.05) is 5.56 Å². The highest BCUT2D eigenvalue weighted by molar-refractivity contribution is 5.89. The number of phenolic OH excluding ortho intramolecular Hbond substituents is 1. The van der Waals surface area contributed by atoms with E-state index in [1.165, 1.54) is 6.07 Å². The molecule has 7 nitrogen and oxygen atoms in total. The van der Waals surface area contributed by atoms with E-state index in [9.17, 15) is 19.5 Å². The highest BCUT2D eigenvalue weighted by atomic mass is 16.3. The van der Waals surface area contributed by atoms with Gasteiger partial charge in [-0.15, -0.1) is 0 Å². The Morgan fingerprint density at radius 3 is 2.05 bits per heavy atom. The summed E-state index contributed by atoms with van der Waals surface area (Å²) in [4.78, 5) is 34.6. The fourth-order valence-corrected chi connectivity index (χ4v) is 1.54. The summed E-state index contributed by atoms with van der Waals surface area (Å²) >= 11 is 0. The summed E-state index contributed by atoms with van der Waals surface area (Å²) < 4.78 is 0. The van der Waals surface area contributed by atoms with Crippen LogP contribution >= 0.6 is 0 Å². The molecule has 0 aliphatic rings. The average molecular weight is 265 g/mol. The fourth-order valence-electron chi connectivity index (χ4n) is 1.54. The minimum atomic E-state index is -0.744. The first kappa shape index (κ1) is 14.5. The Balaban J connectivity index is 2.79. The van der Waals surface area contributed by atoms with Gasteiger partial charge < -0.3 is 21.5 Å². The first-order chi connectivity index (χ1) is 8.90. The van der Waals surface area contributed by atoms with Gasteiger partial charge in [-0.2, -0.15) is 0 Å². The van der Waals surface area contributed by atoms with E-state index in [1.807, 2.05) is 0 Å². The number of carbonyl (C=O) groups excluding carboxylic acids is 3. The molecule has 0 heterocycles. The van der Waals surface area contributed by atoms with Gasteiger partial charge in [0.2, 0.25) is 17.7 Å². The molecule has 19 heavy (non-hydrogen) atoms. The van der Waals surface area contributed by atoms with E-state index in [1.54, 1.807) is 18.2 Å². The van der Waals surface area contributed by atoms with E-state index in [4.69, 9.17) is 11.5 Å². The van der Waals surface area contributed by atoms with Crippen LogP contribution in [0, 0.1) is 0 Å². The topological polar surface area (TPSA) is 127 Å². The van der Waals surface area contributed by atoms with Crippen molar-refractivity contribution in [3.05, 3.63) is 29.8 Å². The van der Waals surface area contributed by atoms with Gasteiger partial charge in [0.15, 0.2) is 0 Å². The molecule has 7 heteroatoms. The summed E-state index contributed by atoms with van der Waals surface area (Å²) in [6, 6.07) is 6.29. The maximum absolute atomic E-state index is 11.9. The van der Waals surface area contributed by atoms with Crippen molar-refractivity contribution in [2.75, 3.05) is 13.1 Å². The van der Waals surface area contributed by atoms with E-state index in [-0.39, 0.29) is 12.2 Å². The number of para-hydroxylation sites is 1. The average Bonchev–Trinajstić information content (AvgIpc) is 2.30. The number of phenols is 1. The molecular formula is C12H15N3O4. The van der Waals surface area contributed by atoms with Crippen LogP contribution in [0.5, 0.6) is 5.75 Å². The lowest BCUT2D eigenvalue weighted by Gasteiger charge is -2.19. The number of nitrogens with zero attached hydrogens (tertiary/aromatic N) is 1. The maximum Gasteiger partial charge on any atom is 0.237 e. The van der Waals surface area contributed by atoms with Crippen LogP contribution in [-0.4, -0.2) is 40.8 Å². The third kappa shape index (κ3) is 4.66. The van der Waals surface area contributed by atoms with E-state index in [0.717, 1.165) is 4.90 Å². The normalized spacial score (nSPS) is 9.89. The number of hydrogen-bond donors (Lipinski definition) is 3. The highest BCUT2D eigenvalue weighted by Crippen LogP contribution is 2.16. The number of rotatable bonds is 6. The van der Waals surface area contributed by atoms with Crippen LogP contribution < -0.4 is 11.5 Å². The molecule has 102 valence electrons. The summed E-state index contributed by atoms with van der Waals surface area (Å²) in [6.45, 7) is -0.787.